The highest BCUT2D eigenvalue weighted by atomic mass is 16.5. The molecule has 0 aliphatic carbocycles. The fourth-order valence-corrected chi connectivity index (χ4v) is 1.93. The largest absolute Gasteiger partial charge is 0.339 e. The third-order valence-corrected chi connectivity index (χ3v) is 2.86. The zero-order valence-corrected chi connectivity index (χ0v) is 12.0. The van der Waals surface area contributed by atoms with Crippen LogP contribution < -0.4 is 0 Å². The third kappa shape index (κ3) is 3.31. The second-order valence-corrected chi connectivity index (χ2v) is 5.21. The minimum Gasteiger partial charge on any atom is -0.339 e. The molecule has 21 heavy (non-hydrogen) atoms. The molecule has 0 amide bonds. The predicted octanol–water partition coefficient (Wildman–Crippen LogP) is 1.97. The Morgan fingerprint density at radius 1 is 1.19 bits per heavy atom. The van der Waals surface area contributed by atoms with Crippen LogP contribution in [0.25, 0.3) is 11.4 Å². The Labute approximate surface area is 122 Å². The van der Waals surface area contributed by atoms with Gasteiger partial charge in [0.25, 0.3) is 0 Å². The molecule has 0 saturated heterocycles. The van der Waals surface area contributed by atoms with Crippen molar-refractivity contribution in [3.8, 4) is 11.4 Å². The summed E-state index contributed by atoms with van der Waals surface area (Å²) in [6.45, 7) is 4.56. The highest BCUT2D eigenvalue weighted by molar-refractivity contribution is 5.52. The van der Waals surface area contributed by atoms with Gasteiger partial charge in [-0.3, -0.25) is 0 Å². The summed E-state index contributed by atoms with van der Waals surface area (Å²) in [6, 6.07) is 9.71. The molecule has 2 aromatic heterocycles. The number of benzene rings is 1. The predicted molar refractivity (Wildman–Crippen MR) is 75.2 cm³/mol. The van der Waals surface area contributed by atoms with Gasteiger partial charge in [0.1, 0.15) is 6.54 Å². The summed E-state index contributed by atoms with van der Waals surface area (Å²) in [4.78, 5) is 5.79. The van der Waals surface area contributed by atoms with E-state index in [0.717, 1.165) is 12.0 Å². The van der Waals surface area contributed by atoms with E-state index in [1.165, 1.54) is 4.80 Å². The molecular weight excluding hydrogens is 268 g/mol. The normalized spacial score (nSPS) is 11.2. The van der Waals surface area contributed by atoms with Gasteiger partial charge in [-0.15, -0.1) is 10.2 Å². The standard InChI is InChI=1S/C14H16N6O/c1-10(2)8-13-15-12(18-21-13)9-20-17-14(16-19-20)11-6-4-3-5-7-11/h3-7,10H,8-9H2,1-2H3. The van der Waals surface area contributed by atoms with Crippen LogP contribution in [0.5, 0.6) is 0 Å². The van der Waals surface area contributed by atoms with Crippen LogP contribution >= 0.6 is 0 Å². The van der Waals surface area contributed by atoms with Crippen LogP contribution in [-0.2, 0) is 13.0 Å². The fraction of sp³-hybridized carbons (Fsp3) is 0.357. The average molecular weight is 284 g/mol. The van der Waals surface area contributed by atoms with Crippen LogP contribution in [0, 0.1) is 5.92 Å². The van der Waals surface area contributed by atoms with E-state index in [2.05, 4.69) is 39.4 Å². The molecule has 0 bridgehead atoms. The van der Waals surface area contributed by atoms with Gasteiger partial charge in [-0.1, -0.05) is 49.3 Å². The fourth-order valence-electron chi connectivity index (χ4n) is 1.93. The number of aromatic nitrogens is 6. The molecule has 0 spiro atoms. The summed E-state index contributed by atoms with van der Waals surface area (Å²) in [5.74, 6) is 2.26. The summed E-state index contributed by atoms with van der Waals surface area (Å²) >= 11 is 0. The Hall–Kier alpha value is -2.57. The van der Waals surface area contributed by atoms with Crippen LogP contribution in [0.3, 0.4) is 0 Å². The smallest absolute Gasteiger partial charge is 0.226 e. The Kier molecular flexibility index (Phi) is 3.72. The van der Waals surface area contributed by atoms with Crippen molar-refractivity contribution in [1.29, 1.82) is 0 Å². The van der Waals surface area contributed by atoms with Gasteiger partial charge in [0.15, 0.2) is 5.82 Å². The topological polar surface area (TPSA) is 82.5 Å². The number of nitrogens with zero attached hydrogens (tertiary/aromatic N) is 6. The Balaban J connectivity index is 1.71. The SMILES string of the molecule is CC(C)Cc1nc(Cn2nnc(-c3ccccc3)n2)no1. The molecule has 0 fully saturated rings. The van der Waals surface area contributed by atoms with Crippen LogP contribution in [0.2, 0.25) is 0 Å². The second-order valence-electron chi connectivity index (χ2n) is 5.21. The Bertz CT molecular complexity index is 703. The van der Waals surface area contributed by atoms with Crippen LogP contribution in [0.4, 0.5) is 0 Å². The van der Waals surface area contributed by atoms with E-state index in [4.69, 9.17) is 4.52 Å². The Morgan fingerprint density at radius 2 is 2.00 bits per heavy atom. The van der Waals surface area contributed by atoms with E-state index >= 15 is 0 Å². The van der Waals surface area contributed by atoms with Crippen molar-refractivity contribution in [3.63, 3.8) is 0 Å². The van der Waals surface area contributed by atoms with Crippen molar-refractivity contribution < 1.29 is 4.52 Å². The molecular formula is C14H16N6O. The van der Waals surface area contributed by atoms with Gasteiger partial charge < -0.3 is 4.52 Å². The summed E-state index contributed by atoms with van der Waals surface area (Å²) in [7, 11) is 0. The van der Waals surface area contributed by atoms with Gasteiger partial charge in [-0.25, -0.2) is 0 Å². The second kappa shape index (κ2) is 5.82. The first kappa shape index (κ1) is 13.4. The van der Waals surface area contributed by atoms with E-state index < -0.39 is 0 Å². The summed E-state index contributed by atoms with van der Waals surface area (Å²) < 4.78 is 5.19. The van der Waals surface area contributed by atoms with Crippen molar-refractivity contribution in [2.75, 3.05) is 0 Å². The molecule has 3 rings (SSSR count). The molecule has 7 heteroatoms. The van der Waals surface area contributed by atoms with Gasteiger partial charge in [0.2, 0.25) is 11.7 Å². The van der Waals surface area contributed by atoms with Gasteiger partial charge in [-0.2, -0.15) is 9.78 Å². The lowest BCUT2D eigenvalue weighted by Gasteiger charge is -1.96. The van der Waals surface area contributed by atoms with Gasteiger partial charge in [0.05, 0.1) is 0 Å². The first-order chi connectivity index (χ1) is 10.2. The molecule has 0 radical (unpaired) electrons. The summed E-state index contributed by atoms with van der Waals surface area (Å²) in [5, 5.41) is 16.3. The van der Waals surface area contributed by atoms with Gasteiger partial charge in [-0.05, 0) is 11.1 Å². The number of rotatable bonds is 5. The number of hydrogen-bond donors (Lipinski definition) is 0. The average Bonchev–Trinajstić information content (AvgIpc) is 3.09. The summed E-state index contributed by atoms with van der Waals surface area (Å²) in [5.41, 5.74) is 0.928. The molecule has 0 N–H and O–H groups in total. The number of tetrazole rings is 1. The van der Waals surface area contributed by atoms with E-state index in [9.17, 15) is 0 Å². The first-order valence-corrected chi connectivity index (χ1v) is 6.85. The zero-order valence-electron chi connectivity index (χ0n) is 12.0. The minimum atomic E-state index is 0.349. The Morgan fingerprint density at radius 3 is 2.76 bits per heavy atom. The molecule has 0 aliphatic rings. The highest BCUT2D eigenvalue weighted by Gasteiger charge is 2.11. The lowest BCUT2D eigenvalue weighted by atomic mass is 10.1. The molecule has 2 heterocycles. The molecule has 108 valence electrons. The maximum atomic E-state index is 5.19. The van der Waals surface area contributed by atoms with E-state index in [-0.39, 0.29) is 0 Å². The van der Waals surface area contributed by atoms with E-state index in [1.807, 2.05) is 30.3 Å². The zero-order chi connectivity index (χ0) is 14.7. The molecule has 0 unspecified atom stereocenters. The molecule has 0 aliphatic heterocycles. The van der Waals surface area contributed by atoms with Gasteiger partial charge in [0, 0.05) is 12.0 Å². The third-order valence-electron chi connectivity index (χ3n) is 2.86. The van der Waals surface area contributed by atoms with Crippen LogP contribution in [0.1, 0.15) is 25.6 Å². The molecule has 7 nitrogen and oxygen atoms in total. The highest BCUT2D eigenvalue weighted by Crippen LogP contribution is 2.12. The van der Waals surface area contributed by atoms with Crippen LogP contribution in [-0.4, -0.2) is 30.3 Å². The van der Waals surface area contributed by atoms with Crippen molar-refractivity contribution in [2.24, 2.45) is 5.92 Å². The maximum Gasteiger partial charge on any atom is 0.226 e. The number of hydrogen-bond acceptors (Lipinski definition) is 6. The quantitative estimate of drug-likeness (QED) is 0.712. The maximum absolute atomic E-state index is 5.19. The van der Waals surface area contributed by atoms with Crippen molar-refractivity contribution in [2.45, 2.75) is 26.8 Å². The lowest BCUT2D eigenvalue weighted by Crippen LogP contribution is -2.06. The van der Waals surface area contributed by atoms with Crippen LogP contribution in [0.15, 0.2) is 34.9 Å². The summed E-state index contributed by atoms with van der Waals surface area (Å²) in [6.07, 6.45) is 0.771. The lowest BCUT2D eigenvalue weighted by molar-refractivity contribution is 0.356. The first-order valence-electron chi connectivity index (χ1n) is 6.85. The molecule has 0 atom stereocenters. The minimum absolute atomic E-state index is 0.349. The van der Waals surface area contributed by atoms with E-state index in [0.29, 0.717) is 30.0 Å². The molecule has 1 aromatic carbocycles. The van der Waals surface area contributed by atoms with Gasteiger partial charge >= 0.3 is 0 Å². The van der Waals surface area contributed by atoms with Crippen molar-refractivity contribution in [3.05, 3.63) is 42.0 Å². The molecule has 0 saturated carbocycles. The molecule has 3 aromatic rings. The van der Waals surface area contributed by atoms with E-state index in [1.54, 1.807) is 0 Å². The van der Waals surface area contributed by atoms with Crippen molar-refractivity contribution in [1.82, 2.24) is 30.3 Å². The van der Waals surface area contributed by atoms with Crippen molar-refractivity contribution >= 4 is 0 Å². The monoisotopic (exact) mass is 284 g/mol.